The molecule has 0 saturated carbocycles. The predicted octanol–water partition coefficient (Wildman–Crippen LogP) is 2.54. The number of carbonyl (C=O) groups excluding carboxylic acids is 1. The summed E-state index contributed by atoms with van der Waals surface area (Å²) in [6.07, 6.45) is 1.78. The molecule has 1 heterocycles. The highest BCUT2D eigenvalue weighted by Crippen LogP contribution is 2.21. The lowest BCUT2D eigenvalue weighted by atomic mass is 10.2. The van der Waals surface area contributed by atoms with Gasteiger partial charge >= 0.3 is 0 Å². The smallest absolute Gasteiger partial charge is 0.254 e. The predicted molar refractivity (Wildman–Crippen MR) is 92.0 cm³/mol. The van der Waals surface area contributed by atoms with E-state index in [4.69, 9.17) is 0 Å². The Morgan fingerprint density at radius 1 is 1.04 bits per heavy atom. The van der Waals surface area contributed by atoms with Crippen LogP contribution >= 0.6 is 0 Å². The zero-order valence-corrected chi connectivity index (χ0v) is 14.4. The van der Waals surface area contributed by atoms with Gasteiger partial charge in [0.05, 0.1) is 10.5 Å². The molecular formula is C18H19FN2O3S. The van der Waals surface area contributed by atoms with Gasteiger partial charge in [-0.3, -0.25) is 4.79 Å². The zero-order chi connectivity index (χ0) is 17.9. The third-order valence-corrected chi connectivity index (χ3v) is 6.11. The summed E-state index contributed by atoms with van der Waals surface area (Å²) >= 11 is 0. The van der Waals surface area contributed by atoms with Gasteiger partial charge in [-0.1, -0.05) is 24.3 Å². The minimum absolute atomic E-state index is 0.0178. The fraction of sp³-hybridized carbons (Fsp3) is 0.278. The van der Waals surface area contributed by atoms with E-state index in [0.717, 1.165) is 18.4 Å². The average molecular weight is 362 g/mol. The van der Waals surface area contributed by atoms with Gasteiger partial charge in [0.2, 0.25) is 10.0 Å². The van der Waals surface area contributed by atoms with Crippen LogP contribution in [-0.2, 0) is 16.6 Å². The summed E-state index contributed by atoms with van der Waals surface area (Å²) in [6.45, 7) is 1.31. The molecule has 3 rings (SSSR count). The Bertz CT molecular complexity index is 860. The molecule has 25 heavy (non-hydrogen) atoms. The van der Waals surface area contributed by atoms with Crippen LogP contribution in [0, 0.1) is 5.82 Å². The zero-order valence-electron chi connectivity index (χ0n) is 13.6. The Balaban J connectivity index is 1.65. The minimum atomic E-state index is -3.44. The molecular weight excluding hydrogens is 343 g/mol. The van der Waals surface area contributed by atoms with Crippen molar-refractivity contribution in [1.82, 2.24) is 9.62 Å². The summed E-state index contributed by atoms with van der Waals surface area (Å²) in [5.41, 5.74) is 0.723. The Kier molecular flexibility index (Phi) is 5.15. The molecule has 2 aromatic rings. The molecule has 1 saturated heterocycles. The van der Waals surface area contributed by atoms with Gasteiger partial charge in [-0.2, -0.15) is 4.31 Å². The number of carbonyl (C=O) groups is 1. The second-order valence-corrected chi connectivity index (χ2v) is 7.86. The normalized spacial score (nSPS) is 15.2. The first-order valence-corrected chi connectivity index (χ1v) is 9.54. The van der Waals surface area contributed by atoms with E-state index in [9.17, 15) is 17.6 Å². The molecule has 0 spiro atoms. The van der Waals surface area contributed by atoms with Crippen LogP contribution in [-0.4, -0.2) is 31.7 Å². The van der Waals surface area contributed by atoms with Crippen LogP contribution in [0.15, 0.2) is 53.4 Å². The van der Waals surface area contributed by atoms with Crippen molar-refractivity contribution in [2.45, 2.75) is 24.3 Å². The maximum atomic E-state index is 13.6. The van der Waals surface area contributed by atoms with Crippen molar-refractivity contribution in [2.75, 3.05) is 13.1 Å². The highest BCUT2D eigenvalue weighted by atomic mass is 32.2. The third kappa shape index (κ3) is 3.88. The largest absolute Gasteiger partial charge is 0.348 e. The Morgan fingerprint density at radius 3 is 2.32 bits per heavy atom. The molecule has 0 aliphatic carbocycles. The molecule has 1 N–H and O–H groups in total. The Labute approximate surface area is 146 Å². The lowest BCUT2D eigenvalue weighted by Gasteiger charge is -2.15. The van der Waals surface area contributed by atoms with Gasteiger partial charge in [0.15, 0.2) is 0 Å². The van der Waals surface area contributed by atoms with Crippen LogP contribution in [0.1, 0.15) is 28.8 Å². The van der Waals surface area contributed by atoms with Crippen LogP contribution in [0.5, 0.6) is 0 Å². The van der Waals surface area contributed by atoms with Crippen molar-refractivity contribution < 1.29 is 17.6 Å². The second-order valence-electron chi connectivity index (χ2n) is 5.92. The van der Waals surface area contributed by atoms with Crippen molar-refractivity contribution in [3.63, 3.8) is 0 Å². The van der Waals surface area contributed by atoms with Crippen LogP contribution in [0.2, 0.25) is 0 Å². The van der Waals surface area contributed by atoms with Crippen molar-refractivity contribution in [1.29, 1.82) is 0 Å². The SMILES string of the molecule is O=C(NCc1ccc(S(=O)(=O)N2CCCC2)cc1)c1ccccc1F. The van der Waals surface area contributed by atoms with Gasteiger partial charge < -0.3 is 5.32 Å². The number of halogens is 1. The molecule has 0 atom stereocenters. The van der Waals surface area contributed by atoms with E-state index in [0.29, 0.717) is 13.1 Å². The van der Waals surface area contributed by atoms with Crippen molar-refractivity contribution >= 4 is 15.9 Å². The number of benzene rings is 2. The van der Waals surface area contributed by atoms with Gasteiger partial charge in [0.1, 0.15) is 5.82 Å². The van der Waals surface area contributed by atoms with E-state index in [-0.39, 0.29) is 17.0 Å². The molecule has 7 heteroatoms. The fourth-order valence-electron chi connectivity index (χ4n) is 2.78. The van der Waals surface area contributed by atoms with Crippen molar-refractivity contribution in [2.24, 2.45) is 0 Å². The molecule has 2 aromatic carbocycles. The van der Waals surface area contributed by atoms with E-state index in [1.54, 1.807) is 18.2 Å². The number of rotatable bonds is 5. The Morgan fingerprint density at radius 2 is 1.68 bits per heavy atom. The second kappa shape index (κ2) is 7.33. The van der Waals surface area contributed by atoms with Crippen LogP contribution in [0.3, 0.4) is 0 Å². The first-order chi connectivity index (χ1) is 12.0. The summed E-state index contributed by atoms with van der Waals surface area (Å²) in [7, 11) is -3.44. The quantitative estimate of drug-likeness (QED) is 0.889. The summed E-state index contributed by atoms with van der Waals surface area (Å²) in [6, 6.07) is 12.1. The molecule has 0 unspecified atom stereocenters. The van der Waals surface area contributed by atoms with Gasteiger partial charge in [-0.25, -0.2) is 12.8 Å². The highest BCUT2D eigenvalue weighted by molar-refractivity contribution is 7.89. The highest BCUT2D eigenvalue weighted by Gasteiger charge is 2.26. The molecule has 1 aliphatic rings. The molecule has 1 amide bonds. The molecule has 1 aliphatic heterocycles. The number of nitrogens with zero attached hydrogens (tertiary/aromatic N) is 1. The Hall–Kier alpha value is -2.25. The number of hydrogen-bond donors (Lipinski definition) is 1. The molecule has 5 nitrogen and oxygen atoms in total. The average Bonchev–Trinajstić information content (AvgIpc) is 3.16. The monoisotopic (exact) mass is 362 g/mol. The molecule has 0 aromatic heterocycles. The van der Waals surface area contributed by atoms with Crippen molar-refractivity contribution in [3.05, 3.63) is 65.5 Å². The maximum Gasteiger partial charge on any atom is 0.254 e. The van der Waals surface area contributed by atoms with Gasteiger partial charge in [-0.15, -0.1) is 0 Å². The van der Waals surface area contributed by atoms with Crippen LogP contribution in [0.25, 0.3) is 0 Å². The standard InChI is InChI=1S/C18H19FN2O3S/c19-17-6-2-1-5-16(17)18(22)20-13-14-7-9-15(10-8-14)25(23,24)21-11-3-4-12-21/h1-2,5-10H,3-4,11-13H2,(H,20,22). The summed E-state index contributed by atoms with van der Waals surface area (Å²) in [4.78, 5) is 12.2. The van der Waals surface area contributed by atoms with E-state index < -0.39 is 21.7 Å². The first kappa shape index (κ1) is 17.6. The lowest BCUT2D eigenvalue weighted by molar-refractivity contribution is 0.0947. The van der Waals surface area contributed by atoms with E-state index in [2.05, 4.69) is 5.32 Å². The van der Waals surface area contributed by atoms with Gasteiger partial charge in [-0.05, 0) is 42.7 Å². The molecule has 132 valence electrons. The number of sulfonamides is 1. The van der Waals surface area contributed by atoms with Gasteiger partial charge in [0, 0.05) is 19.6 Å². The van der Waals surface area contributed by atoms with E-state index in [1.165, 1.54) is 34.6 Å². The molecule has 0 radical (unpaired) electrons. The van der Waals surface area contributed by atoms with E-state index in [1.807, 2.05) is 0 Å². The third-order valence-electron chi connectivity index (χ3n) is 4.20. The lowest BCUT2D eigenvalue weighted by Crippen LogP contribution is -2.28. The van der Waals surface area contributed by atoms with Crippen molar-refractivity contribution in [3.8, 4) is 0 Å². The summed E-state index contributed by atoms with van der Waals surface area (Å²) in [5, 5.41) is 2.63. The fourth-order valence-corrected chi connectivity index (χ4v) is 4.30. The first-order valence-electron chi connectivity index (χ1n) is 8.10. The van der Waals surface area contributed by atoms with Crippen LogP contribution < -0.4 is 5.32 Å². The van der Waals surface area contributed by atoms with Gasteiger partial charge in [0.25, 0.3) is 5.91 Å². The van der Waals surface area contributed by atoms with Crippen LogP contribution in [0.4, 0.5) is 4.39 Å². The topological polar surface area (TPSA) is 66.5 Å². The molecule has 1 fully saturated rings. The number of hydrogen-bond acceptors (Lipinski definition) is 3. The summed E-state index contributed by atoms with van der Waals surface area (Å²) < 4.78 is 40.0. The van der Waals surface area contributed by atoms with E-state index >= 15 is 0 Å². The maximum absolute atomic E-state index is 13.6. The number of nitrogens with one attached hydrogen (secondary N) is 1. The number of amides is 1. The molecule has 0 bridgehead atoms. The summed E-state index contributed by atoms with van der Waals surface area (Å²) in [5.74, 6) is -1.08. The minimum Gasteiger partial charge on any atom is -0.348 e.